The molecule has 0 bridgehead atoms. The van der Waals surface area contributed by atoms with Gasteiger partial charge in [-0.15, -0.1) is 5.10 Å². The van der Waals surface area contributed by atoms with Crippen molar-refractivity contribution in [2.45, 2.75) is 49.6 Å². The van der Waals surface area contributed by atoms with Crippen LogP contribution >= 0.6 is 0 Å². The fourth-order valence-electron chi connectivity index (χ4n) is 4.38. The summed E-state index contributed by atoms with van der Waals surface area (Å²) >= 11 is 0. The number of benzene rings is 2. The Morgan fingerprint density at radius 3 is 2.28 bits per heavy atom. The average Bonchev–Trinajstić information content (AvgIpc) is 3.44. The molecule has 43 heavy (non-hydrogen) atoms. The minimum Gasteiger partial charge on any atom is -0.545 e. The van der Waals surface area contributed by atoms with Gasteiger partial charge in [-0.05, 0) is 42.0 Å². The molecule has 0 aliphatic carbocycles. The van der Waals surface area contributed by atoms with Crippen molar-refractivity contribution in [3.8, 4) is 22.7 Å². The zero-order valence-electron chi connectivity index (χ0n) is 23.5. The zero-order chi connectivity index (χ0) is 29.9. The normalized spacial score (nSPS) is 22.7. The summed E-state index contributed by atoms with van der Waals surface area (Å²) < 4.78 is 12.6. The third-order valence-corrected chi connectivity index (χ3v) is 6.47. The molecule has 2 aromatic carbocycles. The van der Waals surface area contributed by atoms with E-state index in [1.54, 1.807) is 6.20 Å². The molecule has 0 unspecified atom stereocenters. The van der Waals surface area contributed by atoms with E-state index in [0.29, 0.717) is 16.9 Å². The van der Waals surface area contributed by atoms with Crippen molar-refractivity contribution < 1.29 is 114 Å². The molecule has 0 saturated carbocycles. The molecule has 1 fully saturated rings. The number of carbonyl (C=O) groups excluding carboxylic acids is 3. The molecule has 0 radical (unpaired) electrons. The predicted molar refractivity (Wildman–Crippen MR) is 132 cm³/mol. The van der Waals surface area contributed by atoms with Crippen LogP contribution in [0.4, 0.5) is 0 Å². The molecule has 218 valence electrons. The van der Waals surface area contributed by atoms with Crippen molar-refractivity contribution in [2.75, 3.05) is 6.61 Å². The van der Waals surface area contributed by atoms with Crippen LogP contribution in [0.25, 0.3) is 16.9 Å². The average molecular weight is 616 g/mol. The van der Waals surface area contributed by atoms with Crippen molar-refractivity contribution in [1.82, 2.24) is 20.3 Å². The van der Waals surface area contributed by atoms with Gasteiger partial charge in [0.2, 0.25) is 5.91 Å². The predicted octanol–water partition coefficient (Wildman–Crippen LogP) is -9.50. The van der Waals surface area contributed by atoms with Crippen LogP contribution < -0.4 is 79.4 Å². The third kappa shape index (κ3) is 8.40. The minimum absolute atomic E-state index is 0. The van der Waals surface area contributed by atoms with Gasteiger partial charge in [0.15, 0.2) is 0 Å². The summed E-state index contributed by atoms with van der Waals surface area (Å²) in [4.78, 5) is 34.8. The van der Waals surface area contributed by atoms with Crippen LogP contribution in [-0.2, 0) is 14.3 Å². The molecule has 6 atom stereocenters. The molecule has 2 heterocycles. The topological polar surface area (TPSA) is 239 Å². The molecule has 1 amide bonds. The van der Waals surface area contributed by atoms with E-state index in [0.717, 1.165) is 6.92 Å². The maximum atomic E-state index is 12.2. The van der Waals surface area contributed by atoms with Gasteiger partial charge in [-0.2, -0.15) is 0 Å². The van der Waals surface area contributed by atoms with Gasteiger partial charge < -0.3 is 55.0 Å². The smallest absolute Gasteiger partial charge is 0.545 e. The molecular formula is C26H26N4Na2O11. The number of amides is 1. The van der Waals surface area contributed by atoms with Crippen LogP contribution in [0.2, 0.25) is 0 Å². The van der Waals surface area contributed by atoms with E-state index >= 15 is 0 Å². The van der Waals surface area contributed by atoms with Crippen molar-refractivity contribution in [2.24, 2.45) is 0 Å². The SMILES string of the molecule is CC(=O)N[C@H]1[C@H]([C@@H](O)[C@H](O)CO)O[C@@](Oc2ccc(-c3cn(-c4ccc(C(=O)[O-])cc4)nn3)cc2)(C(=O)[O-])C[C@@H]1O.[Na+].[Na+]. The van der Waals surface area contributed by atoms with Gasteiger partial charge in [-0.1, -0.05) is 17.3 Å². The standard InChI is InChI=1S/C26H28N4O11.2Na/c1-13(32)27-21-19(33)10-26(25(38)39,41-23(21)22(35)20(34)12-31)40-17-8-4-14(5-9-17)18-11-30(29-28-18)16-6-2-15(3-7-16)24(36)37;;/h2-9,11,19-23,31,33-35H,10,12H2,1H3,(H,27,32)(H,36,37)(H,38,39);;/q;2*+1/p-2/t19-,20+,21+,22-,23+,26+;;/m0../s1. The van der Waals surface area contributed by atoms with Gasteiger partial charge in [-0.25, -0.2) is 4.68 Å². The number of ether oxygens (including phenoxy) is 2. The molecule has 15 nitrogen and oxygen atoms in total. The molecular weight excluding hydrogens is 590 g/mol. The molecule has 3 aromatic rings. The molecule has 17 heteroatoms. The Balaban J connectivity index is 0.00000323. The number of nitrogens with zero attached hydrogens (tertiary/aromatic N) is 3. The summed E-state index contributed by atoms with van der Waals surface area (Å²) in [5.74, 6) is -6.52. The number of hydrogen-bond acceptors (Lipinski definition) is 13. The van der Waals surface area contributed by atoms with Crippen LogP contribution in [0.5, 0.6) is 5.75 Å². The van der Waals surface area contributed by atoms with E-state index in [2.05, 4.69) is 15.6 Å². The number of rotatable bonds is 10. The monoisotopic (exact) mass is 616 g/mol. The quantitative estimate of drug-likeness (QED) is 0.133. The number of aliphatic carboxylic acids is 1. The van der Waals surface area contributed by atoms with Crippen molar-refractivity contribution in [3.63, 3.8) is 0 Å². The zero-order valence-corrected chi connectivity index (χ0v) is 27.5. The molecule has 4 rings (SSSR count). The van der Waals surface area contributed by atoms with Gasteiger partial charge in [0, 0.05) is 18.9 Å². The van der Waals surface area contributed by atoms with Crippen LogP contribution in [0, 0.1) is 0 Å². The van der Waals surface area contributed by atoms with Crippen molar-refractivity contribution >= 4 is 17.8 Å². The number of carbonyl (C=O) groups is 3. The first-order chi connectivity index (χ1) is 19.4. The minimum atomic E-state index is -2.64. The number of aliphatic hydroxyl groups excluding tert-OH is 4. The number of nitrogens with one attached hydrogen (secondary N) is 1. The number of carboxylic acid groups (broad SMARTS) is 2. The van der Waals surface area contributed by atoms with Gasteiger partial charge in [0.05, 0.1) is 36.6 Å². The van der Waals surface area contributed by atoms with Crippen LogP contribution in [-0.4, -0.2) is 96.1 Å². The summed E-state index contributed by atoms with van der Waals surface area (Å²) in [6.07, 6.45) is -6.18. The molecule has 5 N–H and O–H groups in total. The summed E-state index contributed by atoms with van der Waals surface area (Å²) in [5.41, 5.74) is 1.51. The second-order valence-electron chi connectivity index (χ2n) is 9.37. The second kappa shape index (κ2) is 15.5. The van der Waals surface area contributed by atoms with E-state index < -0.39 is 67.1 Å². The fraction of sp³-hybridized carbons (Fsp3) is 0.346. The molecule has 1 saturated heterocycles. The maximum absolute atomic E-state index is 12.2. The number of carboxylic acids is 2. The van der Waals surface area contributed by atoms with Crippen molar-refractivity contribution in [1.29, 1.82) is 0 Å². The number of hydrogen-bond donors (Lipinski definition) is 5. The Hall–Kier alpha value is -2.41. The molecule has 1 aliphatic heterocycles. The van der Waals surface area contributed by atoms with E-state index in [1.807, 2.05) is 0 Å². The Morgan fingerprint density at radius 1 is 1.12 bits per heavy atom. The Bertz CT molecular complexity index is 1410. The van der Waals surface area contributed by atoms with Crippen molar-refractivity contribution in [3.05, 3.63) is 60.3 Å². The molecule has 1 aromatic heterocycles. The Morgan fingerprint density at radius 2 is 1.74 bits per heavy atom. The third-order valence-electron chi connectivity index (χ3n) is 6.47. The fourth-order valence-corrected chi connectivity index (χ4v) is 4.38. The summed E-state index contributed by atoms with van der Waals surface area (Å²) in [6.45, 7) is 0.211. The van der Waals surface area contributed by atoms with Gasteiger partial charge in [0.25, 0.3) is 5.79 Å². The van der Waals surface area contributed by atoms with Gasteiger partial charge >= 0.3 is 59.1 Å². The number of aromatic nitrogens is 3. The number of aliphatic hydroxyl groups is 4. The molecule has 0 spiro atoms. The first kappa shape index (κ1) is 36.8. The van der Waals surface area contributed by atoms with E-state index in [1.165, 1.54) is 53.2 Å². The van der Waals surface area contributed by atoms with Crippen LogP contribution in [0.1, 0.15) is 23.7 Å². The second-order valence-corrected chi connectivity index (χ2v) is 9.37. The largest absolute Gasteiger partial charge is 1.00 e. The summed E-state index contributed by atoms with van der Waals surface area (Å²) in [6, 6.07) is 10.3. The Labute approximate surface area is 289 Å². The van der Waals surface area contributed by atoms with Crippen LogP contribution in [0.15, 0.2) is 54.7 Å². The molecule has 1 aliphatic rings. The van der Waals surface area contributed by atoms with Crippen LogP contribution in [0.3, 0.4) is 0 Å². The summed E-state index contributed by atoms with van der Waals surface area (Å²) in [5, 5.41) is 74.0. The van der Waals surface area contributed by atoms with E-state index in [4.69, 9.17) is 9.47 Å². The van der Waals surface area contributed by atoms with Gasteiger partial charge in [0.1, 0.15) is 35.7 Å². The summed E-state index contributed by atoms with van der Waals surface area (Å²) in [7, 11) is 0. The number of aromatic carboxylic acids is 1. The van der Waals surface area contributed by atoms with Gasteiger partial charge in [-0.3, -0.25) is 4.79 Å². The van der Waals surface area contributed by atoms with E-state index in [-0.39, 0.29) is 70.4 Å². The Kier molecular flexibility index (Phi) is 13.3. The first-order valence-corrected chi connectivity index (χ1v) is 12.3. The maximum Gasteiger partial charge on any atom is 1.00 e. The first-order valence-electron chi connectivity index (χ1n) is 12.3. The van der Waals surface area contributed by atoms with E-state index in [9.17, 15) is 45.0 Å².